The normalized spacial score (nSPS) is 10.1. The molecule has 0 atom stereocenters. The minimum Gasteiger partial charge on any atom is -0.370 e. The molecule has 18 heavy (non-hydrogen) atoms. The number of nitrogens with one attached hydrogen (secondary N) is 2. The smallest absolute Gasteiger partial charge is 0.258 e. The summed E-state index contributed by atoms with van der Waals surface area (Å²) in [7, 11) is 0. The third-order valence-corrected chi connectivity index (χ3v) is 2.24. The molecule has 6 heteroatoms. The van der Waals surface area contributed by atoms with Gasteiger partial charge in [-0.1, -0.05) is 5.16 Å². The van der Waals surface area contributed by atoms with Gasteiger partial charge in [-0.3, -0.25) is 10.1 Å². The Morgan fingerprint density at radius 3 is 2.94 bits per heavy atom. The van der Waals surface area contributed by atoms with Gasteiger partial charge >= 0.3 is 0 Å². The van der Waals surface area contributed by atoms with Gasteiger partial charge < -0.3 is 9.84 Å². The third kappa shape index (κ3) is 2.85. The van der Waals surface area contributed by atoms with Crippen LogP contribution in [-0.2, 0) is 0 Å². The summed E-state index contributed by atoms with van der Waals surface area (Å²) < 4.78 is 4.92. The Kier molecular flexibility index (Phi) is 3.57. The molecular weight excluding hydrogens is 232 g/mol. The number of carbonyl (C=O) groups excluding carboxylic acids is 1. The number of amides is 1. The van der Waals surface area contributed by atoms with E-state index in [1.165, 1.54) is 0 Å². The molecule has 6 nitrogen and oxygen atoms in total. The van der Waals surface area contributed by atoms with Crippen LogP contribution in [0.25, 0.3) is 0 Å². The lowest BCUT2D eigenvalue weighted by Gasteiger charge is -2.04. The Hall–Kier alpha value is -2.37. The summed E-state index contributed by atoms with van der Waals surface area (Å²) in [6, 6.07) is 4.98. The molecule has 2 N–H and O–H groups in total. The first kappa shape index (κ1) is 12.1. The number of carbonyl (C=O) groups is 1. The monoisotopic (exact) mass is 246 g/mol. The molecule has 2 aromatic heterocycles. The van der Waals surface area contributed by atoms with Gasteiger partial charge in [0, 0.05) is 24.4 Å². The first-order valence-corrected chi connectivity index (χ1v) is 5.63. The lowest BCUT2D eigenvalue weighted by atomic mass is 10.2. The molecule has 0 aliphatic rings. The van der Waals surface area contributed by atoms with Crippen molar-refractivity contribution < 1.29 is 9.32 Å². The van der Waals surface area contributed by atoms with E-state index in [1.807, 2.05) is 6.92 Å². The second-order valence-corrected chi connectivity index (χ2v) is 3.75. The van der Waals surface area contributed by atoms with Crippen LogP contribution in [0.2, 0.25) is 0 Å². The molecule has 0 spiro atoms. The topological polar surface area (TPSA) is 80.0 Å². The van der Waals surface area contributed by atoms with Gasteiger partial charge in [0.25, 0.3) is 5.91 Å². The highest BCUT2D eigenvalue weighted by Crippen LogP contribution is 2.12. The molecule has 0 aliphatic heterocycles. The maximum absolute atomic E-state index is 11.9. The van der Waals surface area contributed by atoms with Gasteiger partial charge in [0.1, 0.15) is 5.82 Å². The van der Waals surface area contributed by atoms with E-state index in [-0.39, 0.29) is 5.91 Å². The van der Waals surface area contributed by atoms with Crippen LogP contribution < -0.4 is 10.6 Å². The van der Waals surface area contributed by atoms with Crippen LogP contribution in [0.4, 0.5) is 11.7 Å². The van der Waals surface area contributed by atoms with Gasteiger partial charge in [0.15, 0.2) is 0 Å². The fourth-order valence-electron chi connectivity index (χ4n) is 1.46. The summed E-state index contributed by atoms with van der Waals surface area (Å²) in [6.07, 6.45) is 1.58. The number of hydrogen-bond acceptors (Lipinski definition) is 5. The molecule has 1 amide bonds. The summed E-state index contributed by atoms with van der Waals surface area (Å²) in [4.78, 5) is 16.0. The van der Waals surface area contributed by atoms with Gasteiger partial charge in [-0.25, -0.2) is 4.98 Å². The number of aryl methyl sites for hydroxylation is 1. The van der Waals surface area contributed by atoms with Crippen molar-refractivity contribution in [1.82, 2.24) is 10.1 Å². The molecule has 0 radical (unpaired) electrons. The van der Waals surface area contributed by atoms with Crippen LogP contribution in [0.15, 0.2) is 28.9 Å². The standard InChI is InChI=1S/C12H14N4O2/c1-3-13-10-7-9(4-5-14-10)12(17)15-11-6-8(2)16-18-11/h4-7H,3H2,1-2H3,(H,13,14)(H,15,17). The van der Waals surface area contributed by atoms with Crippen molar-refractivity contribution in [3.8, 4) is 0 Å². The number of hydrogen-bond donors (Lipinski definition) is 2. The molecule has 2 aromatic rings. The minimum atomic E-state index is -0.257. The van der Waals surface area contributed by atoms with Gasteiger partial charge in [-0.2, -0.15) is 0 Å². The number of anilines is 2. The molecule has 2 heterocycles. The second-order valence-electron chi connectivity index (χ2n) is 3.75. The van der Waals surface area contributed by atoms with E-state index in [9.17, 15) is 4.79 Å². The van der Waals surface area contributed by atoms with Crippen LogP contribution in [0.1, 0.15) is 23.0 Å². The summed E-state index contributed by atoms with van der Waals surface area (Å²) >= 11 is 0. The highest BCUT2D eigenvalue weighted by Gasteiger charge is 2.09. The number of nitrogens with zero attached hydrogens (tertiary/aromatic N) is 2. The predicted molar refractivity (Wildman–Crippen MR) is 67.6 cm³/mol. The van der Waals surface area contributed by atoms with E-state index in [0.29, 0.717) is 23.0 Å². The quantitative estimate of drug-likeness (QED) is 0.863. The number of pyridine rings is 1. The van der Waals surface area contributed by atoms with E-state index in [4.69, 9.17) is 4.52 Å². The lowest BCUT2D eigenvalue weighted by Crippen LogP contribution is -2.12. The van der Waals surface area contributed by atoms with Gasteiger partial charge in [-0.05, 0) is 26.0 Å². The lowest BCUT2D eigenvalue weighted by molar-refractivity contribution is 0.102. The average molecular weight is 246 g/mol. The molecule has 0 fully saturated rings. The Labute approximate surface area is 104 Å². The van der Waals surface area contributed by atoms with Crippen LogP contribution in [-0.4, -0.2) is 22.6 Å². The highest BCUT2D eigenvalue weighted by atomic mass is 16.5. The van der Waals surface area contributed by atoms with Crippen molar-refractivity contribution in [2.45, 2.75) is 13.8 Å². The molecule has 0 aromatic carbocycles. The third-order valence-electron chi connectivity index (χ3n) is 2.24. The molecule has 94 valence electrons. The molecule has 0 aliphatic carbocycles. The highest BCUT2D eigenvalue weighted by molar-refractivity contribution is 6.03. The Bertz CT molecular complexity index is 551. The zero-order valence-corrected chi connectivity index (χ0v) is 10.2. The van der Waals surface area contributed by atoms with Crippen molar-refractivity contribution in [1.29, 1.82) is 0 Å². The van der Waals surface area contributed by atoms with Crippen LogP contribution in [0.3, 0.4) is 0 Å². The maximum Gasteiger partial charge on any atom is 0.258 e. The van der Waals surface area contributed by atoms with E-state index < -0.39 is 0 Å². The summed E-state index contributed by atoms with van der Waals surface area (Å²) in [5.74, 6) is 0.742. The largest absolute Gasteiger partial charge is 0.370 e. The van der Waals surface area contributed by atoms with Gasteiger partial charge in [-0.15, -0.1) is 0 Å². The van der Waals surface area contributed by atoms with Crippen molar-refractivity contribution >= 4 is 17.6 Å². The molecule has 0 unspecified atom stereocenters. The number of rotatable bonds is 4. The first-order chi connectivity index (χ1) is 8.69. The van der Waals surface area contributed by atoms with Gasteiger partial charge in [0.05, 0.1) is 5.69 Å². The zero-order chi connectivity index (χ0) is 13.0. The Morgan fingerprint density at radius 1 is 1.44 bits per heavy atom. The van der Waals surface area contributed by atoms with Crippen LogP contribution in [0, 0.1) is 6.92 Å². The Balaban J connectivity index is 2.11. The minimum absolute atomic E-state index is 0.257. The number of aromatic nitrogens is 2. The molecule has 2 rings (SSSR count). The Morgan fingerprint density at radius 2 is 2.28 bits per heavy atom. The fraction of sp³-hybridized carbons (Fsp3) is 0.250. The van der Waals surface area contributed by atoms with Gasteiger partial charge in [0.2, 0.25) is 5.88 Å². The van der Waals surface area contributed by atoms with E-state index in [2.05, 4.69) is 20.8 Å². The van der Waals surface area contributed by atoms with Crippen molar-refractivity contribution in [2.75, 3.05) is 17.2 Å². The first-order valence-electron chi connectivity index (χ1n) is 5.63. The maximum atomic E-state index is 11.9. The fourth-order valence-corrected chi connectivity index (χ4v) is 1.46. The van der Waals surface area contributed by atoms with E-state index >= 15 is 0 Å². The van der Waals surface area contributed by atoms with Crippen molar-refractivity contribution in [3.63, 3.8) is 0 Å². The molecule has 0 bridgehead atoms. The molecule has 0 saturated carbocycles. The molecular formula is C12H14N4O2. The average Bonchev–Trinajstić information content (AvgIpc) is 2.75. The SMILES string of the molecule is CCNc1cc(C(=O)Nc2cc(C)no2)ccn1. The van der Waals surface area contributed by atoms with E-state index in [0.717, 1.165) is 6.54 Å². The van der Waals surface area contributed by atoms with Crippen LogP contribution >= 0.6 is 0 Å². The predicted octanol–water partition coefficient (Wildman–Crippen LogP) is 2.06. The summed E-state index contributed by atoms with van der Waals surface area (Å²) in [5.41, 5.74) is 1.23. The summed E-state index contributed by atoms with van der Waals surface area (Å²) in [6.45, 7) is 4.50. The van der Waals surface area contributed by atoms with Crippen molar-refractivity contribution in [3.05, 3.63) is 35.7 Å². The zero-order valence-electron chi connectivity index (χ0n) is 10.2. The molecule has 0 saturated heterocycles. The second kappa shape index (κ2) is 5.31. The van der Waals surface area contributed by atoms with Crippen LogP contribution in [0.5, 0.6) is 0 Å². The van der Waals surface area contributed by atoms with Crippen molar-refractivity contribution in [2.24, 2.45) is 0 Å². The summed E-state index contributed by atoms with van der Waals surface area (Å²) in [5, 5.41) is 9.36. The van der Waals surface area contributed by atoms with E-state index in [1.54, 1.807) is 31.3 Å².